The second-order valence-corrected chi connectivity index (χ2v) is 7.11. The molecule has 28 heavy (non-hydrogen) atoms. The average molecular weight is 403 g/mol. The predicted molar refractivity (Wildman–Crippen MR) is 91.8 cm³/mol. The van der Waals surface area contributed by atoms with Crippen LogP contribution in [0.25, 0.3) is 5.52 Å². The minimum Gasteiger partial charge on any atom is -0.391 e. The molecular formula is C17H21F4N5O2. The third-order valence-electron chi connectivity index (χ3n) is 4.17. The van der Waals surface area contributed by atoms with Gasteiger partial charge in [-0.1, -0.05) is 13.8 Å². The molecule has 154 valence electrons. The topological polar surface area (TPSA) is 109 Å². The maximum absolute atomic E-state index is 14.1. The van der Waals surface area contributed by atoms with Gasteiger partial charge in [-0.15, -0.1) is 5.10 Å². The molecule has 1 aliphatic rings. The monoisotopic (exact) mass is 403 g/mol. The molecule has 11 heteroatoms. The first-order valence-electron chi connectivity index (χ1n) is 8.52. The number of aromatic nitrogens is 3. The zero-order chi connectivity index (χ0) is 21.1. The van der Waals surface area contributed by atoms with E-state index in [4.69, 9.17) is 20.8 Å². The maximum atomic E-state index is 14.1. The SMILES string of the molecule is CC(C)(CC(F)(F)F)c1c(C#N)c(F)c2cnc(N)nn12.OC1CCCOC1. The van der Waals surface area contributed by atoms with Crippen LogP contribution < -0.4 is 5.73 Å². The summed E-state index contributed by atoms with van der Waals surface area (Å²) in [6.07, 6.45) is -2.93. The molecule has 0 radical (unpaired) electrons. The second-order valence-electron chi connectivity index (χ2n) is 7.11. The molecule has 3 heterocycles. The number of rotatable bonds is 2. The summed E-state index contributed by atoms with van der Waals surface area (Å²) in [5.41, 5.74) is 2.99. The van der Waals surface area contributed by atoms with Crippen LogP contribution in [-0.2, 0) is 10.2 Å². The summed E-state index contributed by atoms with van der Waals surface area (Å²) in [7, 11) is 0. The number of nitrogens with zero attached hydrogens (tertiary/aromatic N) is 4. The Hall–Kier alpha value is -2.45. The summed E-state index contributed by atoms with van der Waals surface area (Å²) in [5, 5.41) is 21.6. The number of alkyl halides is 3. The van der Waals surface area contributed by atoms with E-state index in [1.807, 2.05) is 0 Å². The Morgan fingerprint density at radius 3 is 2.57 bits per heavy atom. The quantitative estimate of drug-likeness (QED) is 0.747. The van der Waals surface area contributed by atoms with Gasteiger partial charge in [0, 0.05) is 12.0 Å². The van der Waals surface area contributed by atoms with Crippen LogP contribution in [0.3, 0.4) is 0 Å². The van der Waals surface area contributed by atoms with Gasteiger partial charge in [-0.05, 0) is 12.8 Å². The van der Waals surface area contributed by atoms with Crippen molar-refractivity contribution < 1.29 is 27.4 Å². The second kappa shape index (κ2) is 8.28. The fraction of sp³-hybridized carbons (Fsp3) is 0.588. The molecule has 1 atom stereocenters. The standard InChI is InChI=1S/C12H11F4N5.C5H10O2/c1-11(2,5-12(14,15)16)9-6(3-17)8(13)7-4-19-10(18)20-21(7)9;6-5-2-1-3-7-4-5/h4H,5H2,1-2H3,(H2,18,20);5-6H,1-4H2. The highest BCUT2D eigenvalue weighted by atomic mass is 19.4. The van der Waals surface area contributed by atoms with Crippen molar-refractivity contribution in [2.75, 3.05) is 18.9 Å². The minimum absolute atomic E-state index is 0.177. The van der Waals surface area contributed by atoms with Gasteiger partial charge in [-0.25, -0.2) is 13.9 Å². The molecule has 0 aromatic carbocycles. The van der Waals surface area contributed by atoms with E-state index in [1.54, 1.807) is 6.07 Å². The van der Waals surface area contributed by atoms with Crippen LogP contribution in [0, 0.1) is 17.1 Å². The number of ether oxygens (including phenoxy) is 1. The van der Waals surface area contributed by atoms with Crippen LogP contribution in [0.4, 0.5) is 23.5 Å². The molecule has 1 saturated heterocycles. The minimum atomic E-state index is -4.48. The van der Waals surface area contributed by atoms with Crippen LogP contribution in [-0.4, -0.2) is 45.2 Å². The zero-order valence-corrected chi connectivity index (χ0v) is 15.4. The van der Waals surface area contributed by atoms with Crippen molar-refractivity contribution in [1.29, 1.82) is 5.26 Å². The van der Waals surface area contributed by atoms with E-state index in [1.165, 1.54) is 13.8 Å². The molecule has 0 saturated carbocycles. The number of nitrogen functional groups attached to an aromatic ring is 1. The summed E-state index contributed by atoms with van der Waals surface area (Å²) < 4.78 is 58.1. The van der Waals surface area contributed by atoms with Crippen molar-refractivity contribution in [3.05, 3.63) is 23.3 Å². The lowest BCUT2D eigenvalue weighted by molar-refractivity contribution is -0.146. The maximum Gasteiger partial charge on any atom is 0.390 e. The van der Waals surface area contributed by atoms with Gasteiger partial charge in [0.25, 0.3) is 0 Å². The number of hydrogen-bond acceptors (Lipinski definition) is 6. The lowest BCUT2D eigenvalue weighted by Crippen LogP contribution is -2.29. The van der Waals surface area contributed by atoms with E-state index in [9.17, 15) is 17.6 Å². The smallest absolute Gasteiger partial charge is 0.390 e. The molecule has 0 spiro atoms. The highest BCUT2D eigenvalue weighted by Gasteiger charge is 2.41. The highest BCUT2D eigenvalue weighted by molar-refractivity contribution is 5.59. The fourth-order valence-corrected chi connectivity index (χ4v) is 3.06. The van der Waals surface area contributed by atoms with Crippen LogP contribution in [0.1, 0.15) is 44.4 Å². The number of fused-ring (bicyclic) bond motifs is 1. The van der Waals surface area contributed by atoms with Gasteiger partial charge in [0.05, 0.1) is 31.0 Å². The lowest BCUT2D eigenvalue weighted by Gasteiger charge is -2.26. The summed E-state index contributed by atoms with van der Waals surface area (Å²) >= 11 is 0. The number of hydrogen-bond donors (Lipinski definition) is 2. The molecule has 2 aromatic rings. The van der Waals surface area contributed by atoms with Gasteiger partial charge >= 0.3 is 6.18 Å². The van der Waals surface area contributed by atoms with Crippen LogP contribution in [0.2, 0.25) is 0 Å². The third-order valence-corrected chi connectivity index (χ3v) is 4.17. The van der Waals surface area contributed by atoms with Gasteiger partial charge in [-0.3, -0.25) is 0 Å². The van der Waals surface area contributed by atoms with Crippen molar-refractivity contribution in [3.8, 4) is 6.07 Å². The predicted octanol–water partition coefficient (Wildman–Crippen LogP) is 2.71. The lowest BCUT2D eigenvalue weighted by atomic mass is 9.83. The Labute approximate surface area is 158 Å². The molecule has 1 fully saturated rings. The molecular weight excluding hydrogens is 382 g/mol. The third kappa shape index (κ3) is 5.08. The number of aliphatic hydroxyl groups excluding tert-OH is 1. The molecule has 0 bridgehead atoms. The van der Waals surface area contributed by atoms with E-state index in [0.29, 0.717) is 6.61 Å². The van der Waals surface area contributed by atoms with Crippen molar-refractivity contribution >= 4 is 11.5 Å². The van der Waals surface area contributed by atoms with E-state index in [-0.39, 0.29) is 23.3 Å². The summed E-state index contributed by atoms with van der Waals surface area (Å²) in [6, 6.07) is 1.59. The van der Waals surface area contributed by atoms with E-state index in [0.717, 1.165) is 30.2 Å². The van der Waals surface area contributed by atoms with Gasteiger partial charge in [0.15, 0.2) is 5.82 Å². The Morgan fingerprint density at radius 1 is 1.43 bits per heavy atom. The molecule has 1 unspecified atom stereocenters. The molecule has 7 nitrogen and oxygen atoms in total. The first-order chi connectivity index (χ1) is 13.0. The largest absolute Gasteiger partial charge is 0.391 e. The van der Waals surface area contributed by atoms with Crippen LogP contribution >= 0.6 is 0 Å². The normalized spacial score (nSPS) is 17.7. The Bertz CT molecular complexity index is 867. The van der Waals surface area contributed by atoms with Crippen molar-refractivity contribution in [2.45, 2.75) is 50.8 Å². The van der Waals surface area contributed by atoms with E-state index >= 15 is 0 Å². The molecule has 0 amide bonds. The highest BCUT2D eigenvalue weighted by Crippen LogP contribution is 2.39. The van der Waals surface area contributed by atoms with Crippen LogP contribution in [0.15, 0.2) is 6.20 Å². The van der Waals surface area contributed by atoms with Gasteiger partial charge in [-0.2, -0.15) is 18.4 Å². The number of nitriles is 1. The first-order valence-corrected chi connectivity index (χ1v) is 8.52. The molecule has 3 rings (SSSR count). The molecule has 2 aromatic heterocycles. The molecule has 3 N–H and O–H groups in total. The van der Waals surface area contributed by atoms with E-state index < -0.39 is 29.4 Å². The molecule has 1 aliphatic heterocycles. The van der Waals surface area contributed by atoms with Crippen LogP contribution in [0.5, 0.6) is 0 Å². The number of aliphatic hydroxyl groups is 1. The van der Waals surface area contributed by atoms with Crippen molar-refractivity contribution in [1.82, 2.24) is 14.6 Å². The van der Waals surface area contributed by atoms with Crippen molar-refractivity contribution in [2.24, 2.45) is 0 Å². The Morgan fingerprint density at radius 2 is 2.11 bits per heavy atom. The Balaban J connectivity index is 0.000000336. The first kappa shape index (κ1) is 21.8. The molecule has 0 aliphatic carbocycles. The van der Waals surface area contributed by atoms with Gasteiger partial charge < -0.3 is 15.6 Å². The fourth-order valence-electron chi connectivity index (χ4n) is 3.06. The van der Waals surface area contributed by atoms with E-state index in [2.05, 4.69) is 10.1 Å². The van der Waals surface area contributed by atoms with Crippen molar-refractivity contribution in [3.63, 3.8) is 0 Å². The average Bonchev–Trinajstić information content (AvgIpc) is 2.86. The Kier molecular flexibility index (Phi) is 6.46. The summed E-state index contributed by atoms with van der Waals surface area (Å²) in [5.74, 6) is -1.19. The van der Waals surface area contributed by atoms with Gasteiger partial charge in [0.2, 0.25) is 5.95 Å². The number of nitrogens with two attached hydrogens (primary N) is 1. The number of halogens is 4. The number of anilines is 1. The zero-order valence-electron chi connectivity index (χ0n) is 15.4. The van der Waals surface area contributed by atoms with Gasteiger partial charge in [0.1, 0.15) is 17.1 Å². The summed E-state index contributed by atoms with van der Waals surface area (Å²) in [6.45, 7) is 3.90. The summed E-state index contributed by atoms with van der Waals surface area (Å²) in [4.78, 5) is 3.59.